The standard InChI is InChI=1S/C32H17ClN8O2S.Cu/c33-44(42,43)23-15-7-14-22-24(23)32-40-30-21-13-6-5-12-20(21)28(38-30)36-26-17-9-2-1-8-16(17)25(34-26)35-27-18-10-3-4-11-19(18)29(37-27)39-31(22)41-32;/h1-15H,(H2,34,35,36,37,38,39,40,41);/q;+1. The minimum atomic E-state index is -4.14. The van der Waals surface area contributed by atoms with Gasteiger partial charge in [-0.1, -0.05) is 84.9 Å². The van der Waals surface area contributed by atoms with Gasteiger partial charge in [-0.2, -0.15) is 0 Å². The molecule has 13 heteroatoms. The maximum atomic E-state index is 12.7. The molecule has 3 aromatic heterocycles. The fourth-order valence-electron chi connectivity index (χ4n) is 5.86. The number of H-pyrrole nitrogens is 2. The summed E-state index contributed by atoms with van der Waals surface area (Å²) in [6.45, 7) is 0. The molecule has 2 aliphatic heterocycles. The van der Waals surface area contributed by atoms with Gasteiger partial charge in [0.25, 0.3) is 9.05 Å². The Kier molecular flexibility index (Phi) is 6.13. The first kappa shape index (κ1) is 27.5. The van der Waals surface area contributed by atoms with Gasteiger partial charge in [0, 0.05) is 54.5 Å². The first-order valence-electron chi connectivity index (χ1n) is 13.6. The van der Waals surface area contributed by atoms with Gasteiger partial charge in [-0.3, -0.25) is 0 Å². The summed E-state index contributed by atoms with van der Waals surface area (Å²) < 4.78 is 25.5. The fourth-order valence-corrected chi connectivity index (χ4v) is 6.94. The molecular weight excluding hydrogens is 659 g/mol. The first-order valence-corrected chi connectivity index (χ1v) is 15.9. The van der Waals surface area contributed by atoms with E-state index in [1.807, 2.05) is 72.8 Å². The van der Waals surface area contributed by atoms with Gasteiger partial charge in [0.1, 0.15) is 22.6 Å². The maximum absolute atomic E-state index is 12.7. The van der Waals surface area contributed by atoms with E-state index in [1.165, 1.54) is 6.07 Å². The number of benzene rings is 4. The van der Waals surface area contributed by atoms with Crippen LogP contribution in [0, 0.1) is 0 Å². The number of hydrogen-bond acceptors (Lipinski definition) is 8. The average Bonchev–Trinajstić information content (AvgIpc) is 3.76. The second-order valence-corrected chi connectivity index (χ2v) is 12.9. The van der Waals surface area contributed by atoms with Crippen molar-refractivity contribution >= 4 is 63.9 Å². The van der Waals surface area contributed by atoms with E-state index in [9.17, 15) is 8.42 Å². The molecule has 2 aliphatic rings. The molecule has 0 saturated heterocycles. The van der Waals surface area contributed by atoms with Crippen molar-refractivity contribution in [2.45, 2.75) is 4.90 Å². The molecule has 0 saturated carbocycles. The largest absolute Gasteiger partial charge is 1.00 e. The van der Waals surface area contributed by atoms with Gasteiger partial charge >= 0.3 is 17.1 Å². The number of rotatable bonds is 1. The van der Waals surface area contributed by atoms with E-state index in [2.05, 4.69) is 9.97 Å². The Morgan fingerprint density at radius 3 is 1.31 bits per heavy atom. The molecule has 10 nitrogen and oxygen atoms in total. The van der Waals surface area contributed by atoms with Crippen LogP contribution in [-0.4, -0.2) is 48.3 Å². The summed E-state index contributed by atoms with van der Waals surface area (Å²) in [5.74, 6) is 1.71. The third-order valence-electron chi connectivity index (χ3n) is 7.80. The second kappa shape index (κ2) is 10.0. The van der Waals surface area contributed by atoms with Crippen molar-refractivity contribution in [2.75, 3.05) is 0 Å². The number of halogens is 1. The molecular formula is C32H17ClCuN8O2S+. The van der Waals surface area contributed by atoms with Gasteiger partial charge < -0.3 is 9.97 Å². The predicted molar refractivity (Wildman–Crippen MR) is 169 cm³/mol. The molecule has 0 radical (unpaired) electrons. The molecule has 45 heavy (non-hydrogen) atoms. The van der Waals surface area contributed by atoms with Gasteiger partial charge in [-0.15, -0.1) is 0 Å². The van der Waals surface area contributed by atoms with Crippen molar-refractivity contribution in [3.05, 3.63) is 91.0 Å². The van der Waals surface area contributed by atoms with Crippen molar-refractivity contribution in [1.82, 2.24) is 39.9 Å². The van der Waals surface area contributed by atoms with E-state index >= 15 is 0 Å². The van der Waals surface area contributed by atoms with Crippen molar-refractivity contribution in [3.8, 4) is 45.6 Å². The van der Waals surface area contributed by atoms with E-state index < -0.39 is 9.05 Å². The van der Waals surface area contributed by atoms with Gasteiger partial charge in [0.15, 0.2) is 23.3 Å². The van der Waals surface area contributed by atoms with E-state index in [4.69, 9.17) is 40.6 Å². The topological polar surface area (TPSA) is 143 Å². The summed E-state index contributed by atoms with van der Waals surface area (Å²) in [4.78, 5) is 35.9. The van der Waals surface area contributed by atoms with Gasteiger partial charge in [-0.05, 0) is 6.07 Å². The molecule has 5 heterocycles. The number of nitrogens with zero attached hydrogens (tertiary/aromatic N) is 6. The van der Waals surface area contributed by atoms with E-state index in [0.29, 0.717) is 51.0 Å². The summed E-state index contributed by atoms with van der Waals surface area (Å²) in [6, 6.07) is 28.0. The first-order chi connectivity index (χ1) is 21.4. The van der Waals surface area contributed by atoms with Crippen LogP contribution < -0.4 is 0 Å². The van der Waals surface area contributed by atoms with E-state index in [-0.39, 0.29) is 27.6 Å². The molecule has 0 atom stereocenters. The van der Waals surface area contributed by atoms with Crippen LogP contribution in [0.25, 0.3) is 89.7 Å². The number of aromatic amines is 2. The Morgan fingerprint density at radius 2 is 0.844 bits per heavy atom. The molecule has 8 bridgehead atoms. The predicted octanol–water partition coefficient (Wildman–Crippen LogP) is 6.79. The van der Waals surface area contributed by atoms with Gasteiger partial charge in [-0.25, -0.2) is 38.3 Å². The SMILES string of the molecule is O=S(=O)(Cl)c1cccc2c3nc4nc(nc5[nH]c(nc6nc(nc([nH]3)c12)-c1ccccc1-6)c1ccccc51)-c1ccccc1-4.[Cu+]. The molecule has 7 aromatic rings. The van der Waals surface area contributed by atoms with Gasteiger partial charge in [0.2, 0.25) is 0 Å². The summed E-state index contributed by atoms with van der Waals surface area (Å²) >= 11 is 0. The monoisotopic (exact) mass is 675 g/mol. The number of fused-ring (bicyclic) bond motifs is 20. The Bertz CT molecular complexity index is 2670. The van der Waals surface area contributed by atoms with Crippen molar-refractivity contribution in [1.29, 1.82) is 0 Å². The number of aromatic nitrogens is 8. The van der Waals surface area contributed by atoms with Crippen LogP contribution in [0.1, 0.15) is 0 Å². The third-order valence-corrected chi connectivity index (χ3v) is 9.17. The third kappa shape index (κ3) is 4.26. The van der Waals surface area contributed by atoms with Crippen molar-refractivity contribution < 1.29 is 25.5 Å². The normalized spacial score (nSPS) is 12.1. The van der Waals surface area contributed by atoms with Crippen LogP contribution in [0.15, 0.2) is 95.9 Å². The van der Waals surface area contributed by atoms with E-state index in [1.54, 1.807) is 12.1 Å². The zero-order valence-electron chi connectivity index (χ0n) is 22.7. The maximum Gasteiger partial charge on any atom is 1.00 e. The molecule has 0 spiro atoms. The zero-order chi connectivity index (χ0) is 29.6. The van der Waals surface area contributed by atoms with Crippen molar-refractivity contribution in [3.63, 3.8) is 0 Å². The molecule has 9 rings (SSSR count). The quantitative estimate of drug-likeness (QED) is 0.143. The smallest absolute Gasteiger partial charge is 0.324 e. The Morgan fingerprint density at radius 1 is 0.467 bits per heavy atom. The molecule has 2 N–H and O–H groups in total. The summed E-state index contributed by atoms with van der Waals surface area (Å²) in [5, 5.41) is 2.58. The van der Waals surface area contributed by atoms with Crippen LogP contribution in [0.2, 0.25) is 0 Å². The second-order valence-electron chi connectivity index (χ2n) is 10.4. The van der Waals surface area contributed by atoms with Crippen molar-refractivity contribution in [2.24, 2.45) is 0 Å². The number of nitrogens with one attached hydrogen (secondary N) is 2. The zero-order valence-corrected chi connectivity index (χ0v) is 25.3. The summed E-state index contributed by atoms with van der Waals surface area (Å²) in [5.41, 5.74) is 4.93. The van der Waals surface area contributed by atoms with Crippen LogP contribution in [-0.2, 0) is 26.1 Å². The fraction of sp³-hybridized carbons (Fsp3) is 0. The van der Waals surface area contributed by atoms with E-state index in [0.717, 1.165) is 33.0 Å². The minimum Gasteiger partial charge on any atom is -0.324 e. The van der Waals surface area contributed by atoms with Crippen LogP contribution in [0.3, 0.4) is 0 Å². The Hall–Kier alpha value is -5.00. The molecule has 220 valence electrons. The van der Waals surface area contributed by atoms with Gasteiger partial charge in [0.05, 0.1) is 4.90 Å². The summed E-state index contributed by atoms with van der Waals surface area (Å²) in [6.07, 6.45) is 0. The average molecular weight is 677 g/mol. The molecule has 0 amide bonds. The minimum absolute atomic E-state index is 0. The molecule has 0 aliphatic carbocycles. The molecule has 0 unspecified atom stereocenters. The van der Waals surface area contributed by atoms with Crippen LogP contribution >= 0.6 is 10.7 Å². The Balaban J connectivity index is 0.00000300. The molecule has 4 aromatic carbocycles. The number of hydrogen-bond donors (Lipinski definition) is 2. The summed E-state index contributed by atoms with van der Waals surface area (Å²) in [7, 11) is 1.78. The molecule has 0 fully saturated rings. The van der Waals surface area contributed by atoms with Crippen LogP contribution in [0.4, 0.5) is 0 Å². The Labute approximate surface area is 269 Å². The van der Waals surface area contributed by atoms with Crippen LogP contribution in [0.5, 0.6) is 0 Å².